The number of ether oxygens (including phenoxy) is 1. The van der Waals surface area contributed by atoms with Crippen LogP contribution in [0.4, 0.5) is 5.69 Å². The van der Waals surface area contributed by atoms with Crippen LogP contribution in [-0.2, 0) is 14.3 Å². The summed E-state index contributed by atoms with van der Waals surface area (Å²) in [4.78, 5) is 24.7. The summed E-state index contributed by atoms with van der Waals surface area (Å²) in [5.41, 5.74) is 1.02. The molecule has 2 aromatic carbocycles. The van der Waals surface area contributed by atoms with Gasteiger partial charge in [0.1, 0.15) is 0 Å². The molecular formula is C18H15ClN2O3S. The fraction of sp³-hybridized carbons (Fsp3) is 0.167. The first-order valence-corrected chi connectivity index (χ1v) is 8.74. The monoisotopic (exact) mass is 374 g/mol. The number of nitriles is 1. The maximum absolute atomic E-state index is 12.0. The molecule has 0 aliphatic heterocycles. The number of hydrogen-bond acceptors (Lipinski definition) is 5. The van der Waals surface area contributed by atoms with E-state index in [0.29, 0.717) is 16.3 Å². The number of anilines is 1. The Morgan fingerprint density at radius 1 is 1.24 bits per heavy atom. The van der Waals surface area contributed by atoms with Gasteiger partial charge in [0.25, 0.3) is 5.91 Å². The maximum Gasteiger partial charge on any atom is 0.317 e. The summed E-state index contributed by atoms with van der Waals surface area (Å²) in [5, 5.41) is 11.9. The lowest BCUT2D eigenvalue weighted by molar-refractivity contribution is -0.150. The van der Waals surface area contributed by atoms with E-state index in [9.17, 15) is 9.59 Å². The Balaban J connectivity index is 1.82. The molecule has 2 aromatic rings. The van der Waals surface area contributed by atoms with Crippen LogP contribution in [0.5, 0.6) is 0 Å². The fourth-order valence-electron chi connectivity index (χ4n) is 1.86. The van der Waals surface area contributed by atoms with E-state index < -0.39 is 18.0 Å². The van der Waals surface area contributed by atoms with Gasteiger partial charge in [0.05, 0.1) is 22.4 Å². The molecular weight excluding hydrogens is 360 g/mol. The van der Waals surface area contributed by atoms with Gasteiger partial charge in [-0.25, -0.2) is 0 Å². The quantitative estimate of drug-likeness (QED) is 0.613. The Labute approximate surface area is 154 Å². The Morgan fingerprint density at radius 2 is 1.92 bits per heavy atom. The van der Waals surface area contributed by atoms with Crippen molar-refractivity contribution in [1.29, 1.82) is 5.26 Å². The van der Waals surface area contributed by atoms with Crippen LogP contribution in [-0.4, -0.2) is 23.7 Å². The van der Waals surface area contributed by atoms with Crippen LogP contribution in [0.3, 0.4) is 0 Å². The molecule has 0 heterocycles. The molecule has 0 aliphatic rings. The van der Waals surface area contributed by atoms with E-state index in [2.05, 4.69) is 5.32 Å². The molecule has 0 aliphatic carbocycles. The van der Waals surface area contributed by atoms with Crippen molar-refractivity contribution >= 4 is 40.9 Å². The van der Waals surface area contributed by atoms with Gasteiger partial charge in [-0.05, 0) is 43.3 Å². The van der Waals surface area contributed by atoms with Crippen LogP contribution in [0, 0.1) is 11.3 Å². The van der Waals surface area contributed by atoms with Crippen molar-refractivity contribution in [2.75, 3.05) is 11.1 Å². The Morgan fingerprint density at radius 3 is 2.56 bits per heavy atom. The van der Waals surface area contributed by atoms with Gasteiger partial charge >= 0.3 is 5.97 Å². The minimum atomic E-state index is -0.935. The van der Waals surface area contributed by atoms with Gasteiger partial charge in [-0.2, -0.15) is 5.26 Å². The minimum Gasteiger partial charge on any atom is -0.452 e. The third kappa shape index (κ3) is 5.82. The molecule has 0 aromatic heterocycles. The number of hydrogen-bond donors (Lipinski definition) is 1. The SMILES string of the molecule is CC(OC(=O)CSc1ccccc1Cl)C(=O)Nc1ccc(C#N)cc1. The molecule has 1 N–H and O–H groups in total. The predicted octanol–water partition coefficient (Wildman–Crippen LogP) is 3.87. The van der Waals surface area contributed by atoms with Gasteiger partial charge in [0, 0.05) is 10.6 Å². The number of nitrogens with zero attached hydrogens (tertiary/aromatic N) is 1. The van der Waals surface area contributed by atoms with E-state index in [4.69, 9.17) is 21.6 Å². The molecule has 1 atom stereocenters. The number of amides is 1. The Kier molecular flexibility index (Phi) is 6.87. The van der Waals surface area contributed by atoms with Crippen molar-refractivity contribution in [3.05, 3.63) is 59.1 Å². The number of rotatable bonds is 6. The first kappa shape index (κ1) is 18.8. The Hall–Kier alpha value is -2.49. The first-order chi connectivity index (χ1) is 12.0. The van der Waals surface area contributed by atoms with Crippen LogP contribution in [0.15, 0.2) is 53.4 Å². The third-order valence-electron chi connectivity index (χ3n) is 3.14. The zero-order chi connectivity index (χ0) is 18.2. The van der Waals surface area contributed by atoms with Crippen LogP contribution >= 0.6 is 23.4 Å². The van der Waals surface area contributed by atoms with E-state index in [1.54, 1.807) is 42.5 Å². The molecule has 0 bridgehead atoms. The molecule has 5 nitrogen and oxygen atoms in total. The lowest BCUT2D eigenvalue weighted by atomic mass is 10.2. The summed E-state index contributed by atoms with van der Waals surface area (Å²) < 4.78 is 5.12. The Bertz CT molecular complexity index is 803. The van der Waals surface area contributed by atoms with Gasteiger partial charge in [-0.15, -0.1) is 11.8 Å². The summed E-state index contributed by atoms with van der Waals surface area (Å²) >= 11 is 7.27. The first-order valence-electron chi connectivity index (χ1n) is 7.37. The number of carbonyl (C=O) groups excluding carboxylic acids is 2. The number of carbonyl (C=O) groups is 2. The minimum absolute atomic E-state index is 0.0538. The second-order valence-corrected chi connectivity index (χ2v) is 6.45. The van der Waals surface area contributed by atoms with Crippen molar-refractivity contribution in [1.82, 2.24) is 0 Å². The van der Waals surface area contributed by atoms with Crippen LogP contribution < -0.4 is 5.32 Å². The summed E-state index contributed by atoms with van der Waals surface area (Å²) in [6, 6.07) is 15.6. The smallest absolute Gasteiger partial charge is 0.317 e. The summed E-state index contributed by atoms with van der Waals surface area (Å²) in [6.07, 6.45) is -0.935. The largest absolute Gasteiger partial charge is 0.452 e. The highest BCUT2D eigenvalue weighted by molar-refractivity contribution is 8.00. The molecule has 0 spiro atoms. The topological polar surface area (TPSA) is 79.2 Å². The van der Waals surface area contributed by atoms with Crippen molar-refractivity contribution in [3.63, 3.8) is 0 Å². The lowest BCUT2D eigenvalue weighted by Gasteiger charge is -2.13. The van der Waals surface area contributed by atoms with Gasteiger partial charge in [-0.1, -0.05) is 23.7 Å². The third-order valence-corrected chi connectivity index (χ3v) is 4.63. The fourth-order valence-corrected chi connectivity index (χ4v) is 2.88. The molecule has 1 unspecified atom stereocenters. The second-order valence-electron chi connectivity index (χ2n) is 5.03. The molecule has 0 radical (unpaired) electrons. The second kappa shape index (κ2) is 9.11. The summed E-state index contributed by atoms with van der Waals surface area (Å²) in [7, 11) is 0. The summed E-state index contributed by atoms with van der Waals surface area (Å²) in [5.74, 6) is -0.897. The summed E-state index contributed by atoms with van der Waals surface area (Å²) in [6.45, 7) is 1.50. The standard InChI is InChI=1S/C18H15ClN2O3S/c1-12(18(23)21-14-8-6-13(10-20)7-9-14)24-17(22)11-25-16-5-3-2-4-15(16)19/h2-9,12H,11H2,1H3,(H,21,23). The van der Waals surface area contributed by atoms with Crippen molar-refractivity contribution in [2.24, 2.45) is 0 Å². The van der Waals surface area contributed by atoms with Crippen LogP contribution in [0.2, 0.25) is 5.02 Å². The molecule has 2 rings (SSSR count). The van der Waals surface area contributed by atoms with Gasteiger partial charge < -0.3 is 10.1 Å². The van der Waals surface area contributed by atoms with Gasteiger partial charge in [0.15, 0.2) is 6.10 Å². The van der Waals surface area contributed by atoms with E-state index in [1.165, 1.54) is 18.7 Å². The van der Waals surface area contributed by atoms with E-state index >= 15 is 0 Å². The number of esters is 1. The average Bonchev–Trinajstić information content (AvgIpc) is 2.61. The molecule has 128 valence electrons. The molecule has 0 saturated heterocycles. The zero-order valence-electron chi connectivity index (χ0n) is 13.4. The highest BCUT2D eigenvalue weighted by Crippen LogP contribution is 2.26. The molecule has 25 heavy (non-hydrogen) atoms. The molecule has 1 amide bonds. The molecule has 0 fully saturated rings. The highest BCUT2D eigenvalue weighted by atomic mass is 35.5. The van der Waals surface area contributed by atoms with Crippen molar-refractivity contribution < 1.29 is 14.3 Å². The number of nitrogens with one attached hydrogen (secondary N) is 1. The zero-order valence-corrected chi connectivity index (χ0v) is 14.9. The molecule has 7 heteroatoms. The van der Waals surface area contributed by atoms with Crippen molar-refractivity contribution in [2.45, 2.75) is 17.9 Å². The van der Waals surface area contributed by atoms with E-state index in [1.807, 2.05) is 12.1 Å². The number of benzene rings is 2. The van der Waals surface area contributed by atoms with Gasteiger partial charge in [0.2, 0.25) is 0 Å². The van der Waals surface area contributed by atoms with E-state index in [-0.39, 0.29) is 5.75 Å². The van der Waals surface area contributed by atoms with Gasteiger partial charge in [-0.3, -0.25) is 9.59 Å². The normalized spacial score (nSPS) is 11.2. The average molecular weight is 375 g/mol. The number of thioether (sulfide) groups is 1. The maximum atomic E-state index is 12.0. The lowest BCUT2D eigenvalue weighted by Crippen LogP contribution is -2.30. The number of halogens is 1. The molecule has 0 saturated carbocycles. The van der Waals surface area contributed by atoms with Crippen LogP contribution in [0.25, 0.3) is 0 Å². The highest BCUT2D eigenvalue weighted by Gasteiger charge is 2.18. The predicted molar refractivity (Wildman–Crippen MR) is 97.5 cm³/mol. The van der Waals surface area contributed by atoms with Crippen LogP contribution in [0.1, 0.15) is 12.5 Å². The van der Waals surface area contributed by atoms with Crippen molar-refractivity contribution in [3.8, 4) is 6.07 Å². The van der Waals surface area contributed by atoms with E-state index in [0.717, 1.165) is 4.90 Å².